The Kier molecular flexibility index (Phi) is 3.61. The quantitative estimate of drug-likeness (QED) is 0.817. The summed E-state index contributed by atoms with van der Waals surface area (Å²) in [5.74, 6) is 0.799. The number of amides is 1. The number of rotatable bonds is 5. The van der Waals surface area contributed by atoms with Crippen LogP contribution in [-0.4, -0.2) is 31.2 Å². The fraction of sp³-hybridized carbons (Fsp3) is 0.941. The van der Waals surface area contributed by atoms with Crippen LogP contribution in [0.5, 0.6) is 0 Å². The number of nitrogens with two attached hydrogens (primary N) is 1. The third kappa shape index (κ3) is 2.85. The van der Waals surface area contributed by atoms with Gasteiger partial charge in [-0.3, -0.25) is 4.79 Å². The molecule has 4 aliphatic carbocycles. The highest BCUT2D eigenvalue weighted by Crippen LogP contribution is 2.66. The number of methoxy groups -OCH3 is 1. The Balaban J connectivity index is 1.71. The molecule has 4 heteroatoms. The summed E-state index contributed by atoms with van der Waals surface area (Å²) in [7, 11) is 1.64. The summed E-state index contributed by atoms with van der Waals surface area (Å²) in [4.78, 5) is 12.5. The van der Waals surface area contributed by atoms with Gasteiger partial charge in [0.1, 0.15) is 0 Å². The summed E-state index contributed by atoms with van der Waals surface area (Å²) >= 11 is 0. The number of nitrogens with one attached hydrogen (secondary N) is 1. The van der Waals surface area contributed by atoms with E-state index >= 15 is 0 Å². The molecule has 3 atom stereocenters. The first-order chi connectivity index (χ1) is 9.77. The molecule has 120 valence electrons. The molecule has 21 heavy (non-hydrogen) atoms. The van der Waals surface area contributed by atoms with Crippen molar-refractivity contribution in [1.82, 2.24) is 5.32 Å². The molecule has 0 saturated heterocycles. The van der Waals surface area contributed by atoms with Crippen molar-refractivity contribution in [3.05, 3.63) is 0 Å². The molecule has 0 aromatic carbocycles. The molecule has 0 heterocycles. The molecule has 1 amide bonds. The minimum atomic E-state index is -0.446. The van der Waals surface area contributed by atoms with Crippen LogP contribution in [0.4, 0.5) is 0 Å². The topological polar surface area (TPSA) is 64.3 Å². The Morgan fingerprint density at radius 2 is 1.86 bits per heavy atom. The fourth-order valence-electron chi connectivity index (χ4n) is 6.32. The van der Waals surface area contributed by atoms with Gasteiger partial charge in [0.05, 0.1) is 6.04 Å². The van der Waals surface area contributed by atoms with Gasteiger partial charge in [-0.05, 0) is 61.7 Å². The van der Waals surface area contributed by atoms with E-state index in [-0.39, 0.29) is 11.4 Å². The first-order valence-electron chi connectivity index (χ1n) is 8.34. The van der Waals surface area contributed by atoms with Crippen LogP contribution in [0.1, 0.15) is 58.8 Å². The summed E-state index contributed by atoms with van der Waals surface area (Å²) < 4.78 is 5.03. The molecule has 0 aliphatic heterocycles. The minimum Gasteiger partial charge on any atom is -0.385 e. The lowest BCUT2D eigenvalue weighted by atomic mass is 9.43. The molecule has 4 rings (SSSR count). The Morgan fingerprint density at radius 1 is 1.24 bits per heavy atom. The number of carbonyl (C=O) groups is 1. The molecule has 0 radical (unpaired) electrons. The number of ether oxygens (including phenoxy) is 1. The molecule has 3 unspecified atom stereocenters. The first kappa shape index (κ1) is 15.3. The van der Waals surface area contributed by atoms with Crippen LogP contribution in [0.2, 0.25) is 0 Å². The maximum atomic E-state index is 12.5. The van der Waals surface area contributed by atoms with Crippen LogP contribution >= 0.6 is 0 Å². The monoisotopic (exact) mass is 294 g/mol. The average molecular weight is 294 g/mol. The van der Waals surface area contributed by atoms with Crippen molar-refractivity contribution in [2.75, 3.05) is 13.7 Å². The molecular weight excluding hydrogens is 264 g/mol. The van der Waals surface area contributed by atoms with E-state index in [0.717, 1.165) is 25.2 Å². The molecule has 0 aromatic rings. The summed E-state index contributed by atoms with van der Waals surface area (Å²) in [6.45, 7) is 5.38. The van der Waals surface area contributed by atoms with Crippen LogP contribution in [0.3, 0.4) is 0 Å². The van der Waals surface area contributed by atoms with Crippen molar-refractivity contribution < 1.29 is 9.53 Å². The van der Waals surface area contributed by atoms with Crippen molar-refractivity contribution in [1.29, 1.82) is 0 Å². The van der Waals surface area contributed by atoms with E-state index in [1.165, 1.54) is 19.3 Å². The van der Waals surface area contributed by atoms with Crippen molar-refractivity contribution in [3.63, 3.8) is 0 Å². The molecule has 0 aromatic heterocycles. The van der Waals surface area contributed by atoms with Crippen molar-refractivity contribution in [2.45, 2.75) is 70.4 Å². The molecule has 0 spiro atoms. The predicted octanol–water partition coefficient (Wildman–Crippen LogP) is 2.22. The smallest absolute Gasteiger partial charge is 0.237 e. The molecule has 4 fully saturated rings. The van der Waals surface area contributed by atoms with Crippen LogP contribution in [0.25, 0.3) is 0 Å². The Labute approximate surface area is 128 Å². The van der Waals surface area contributed by atoms with Gasteiger partial charge in [0.15, 0.2) is 0 Å². The molecule has 3 N–H and O–H groups in total. The average Bonchev–Trinajstić information content (AvgIpc) is 2.30. The van der Waals surface area contributed by atoms with Gasteiger partial charge < -0.3 is 15.8 Å². The van der Waals surface area contributed by atoms with Gasteiger partial charge in [-0.25, -0.2) is 0 Å². The first-order valence-corrected chi connectivity index (χ1v) is 8.34. The summed E-state index contributed by atoms with van der Waals surface area (Å²) in [5, 5.41) is 3.36. The SMILES string of the molecule is COCCC(N)C(=O)NC12CC3CC(C)(CC(C)(C3)C1)C2. The van der Waals surface area contributed by atoms with Gasteiger partial charge in [-0.1, -0.05) is 13.8 Å². The lowest BCUT2D eigenvalue weighted by Crippen LogP contribution is -2.66. The van der Waals surface area contributed by atoms with Crippen LogP contribution < -0.4 is 11.1 Å². The third-order valence-electron chi connectivity index (χ3n) is 5.98. The minimum absolute atomic E-state index is 0.00465. The zero-order valence-corrected chi connectivity index (χ0v) is 13.7. The lowest BCUT2D eigenvalue weighted by Gasteiger charge is -2.65. The van der Waals surface area contributed by atoms with E-state index in [4.69, 9.17) is 10.5 Å². The number of hydrogen-bond acceptors (Lipinski definition) is 3. The maximum absolute atomic E-state index is 12.5. The van der Waals surface area contributed by atoms with E-state index in [9.17, 15) is 4.79 Å². The van der Waals surface area contributed by atoms with Gasteiger partial charge in [0.25, 0.3) is 0 Å². The molecular formula is C17H30N2O2. The van der Waals surface area contributed by atoms with E-state index < -0.39 is 6.04 Å². The van der Waals surface area contributed by atoms with Gasteiger partial charge in [-0.2, -0.15) is 0 Å². The van der Waals surface area contributed by atoms with Crippen molar-refractivity contribution in [3.8, 4) is 0 Å². The van der Waals surface area contributed by atoms with E-state index in [1.54, 1.807) is 7.11 Å². The highest BCUT2D eigenvalue weighted by atomic mass is 16.5. The Morgan fingerprint density at radius 3 is 2.38 bits per heavy atom. The van der Waals surface area contributed by atoms with E-state index in [2.05, 4.69) is 19.2 Å². The summed E-state index contributed by atoms with van der Waals surface area (Å²) in [6.07, 6.45) is 8.02. The third-order valence-corrected chi connectivity index (χ3v) is 5.98. The standard InChI is InChI=1S/C17H30N2O2/c1-15-6-12-7-16(2,9-15)11-17(8-12,10-15)19-14(20)13(18)4-5-21-3/h12-13H,4-11,18H2,1-3H3,(H,19,20). The Bertz CT molecular complexity index is 419. The van der Waals surface area contributed by atoms with E-state index in [0.29, 0.717) is 23.9 Å². The van der Waals surface area contributed by atoms with Crippen LogP contribution in [-0.2, 0) is 9.53 Å². The second kappa shape index (κ2) is 4.95. The highest BCUT2D eigenvalue weighted by molar-refractivity contribution is 5.82. The fourth-order valence-corrected chi connectivity index (χ4v) is 6.32. The Hall–Kier alpha value is -0.610. The second-order valence-electron chi connectivity index (χ2n) is 8.79. The highest BCUT2D eigenvalue weighted by Gasteiger charge is 2.60. The zero-order chi connectivity index (χ0) is 15.3. The number of carbonyl (C=O) groups excluding carboxylic acids is 1. The normalized spacial score (nSPS) is 45.6. The van der Waals surface area contributed by atoms with Crippen molar-refractivity contribution >= 4 is 5.91 Å². The molecule has 4 bridgehead atoms. The second-order valence-corrected chi connectivity index (χ2v) is 8.79. The lowest BCUT2D eigenvalue weighted by molar-refractivity contribution is -0.140. The molecule has 4 nitrogen and oxygen atoms in total. The van der Waals surface area contributed by atoms with Crippen LogP contribution in [0.15, 0.2) is 0 Å². The van der Waals surface area contributed by atoms with E-state index in [1.807, 2.05) is 0 Å². The predicted molar refractivity (Wildman–Crippen MR) is 82.7 cm³/mol. The van der Waals surface area contributed by atoms with Gasteiger partial charge >= 0.3 is 0 Å². The van der Waals surface area contributed by atoms with Gasteiger partial charge in [0, 0.05) is 19.3 Å². The van der Waals surface area contributed by atoms with Gasteiger partial charge in [0.2, 0.25) is 5.91 Å². The van der Waals surface area contributed by atoms with Gasteiger partial charge in [-0.15, -0.1) is 0 Å². The summed E-state index contributed by atoms with van der Waals surface area (Å²) in [5.41, 5.74) is 6.84. The van der Waals surface area contributed by atoms with Crippen molar-refractivity contribution in [2.24, 2.45) is 22.5 Å². The van der Waals surface area contributed by atoms with Crippen LogP contribution in [0, 0.1) is 16.7 Å². The maximum Gasteiger partial charge on any atom is 0.237 e. The molecule has 4 saturated carbocycles. The summed E-state index contributed by atoms with van der Waals surface area (Å²) in [6, 6.07) is -0.446. The largest absolute Gasteiger partial charge is 0.385 e. The zero-order valence-electron chi connectivity index (χ0n) is 13.7. The molecule has 4 aliphatic rings. The number of hydrogen-bond donors (Lipinski definition) is 2.